The maximum atomic E-state index is 12.0. The van der Waals surface area contributed by atoms with Gasteiger partial charge in [0.25, 0.3) is 0 Å². The Kier molecular flexibility index (Phi) is 5.53. The Labute approximate surface area is 159 Å². The van der Waals surface area contributed by atoms with Gasteiger partial charge in [0.15, 0.2) is 0 Å². The van der Waals surface area contributed by atoms with E-state index in [1.807, 2.05) is 60.7 Å². The van der Waals surface area contributed by atoms with Crippen molar-refractivity contribution in [2.45, 2.75) is 31.5 Å². The molecule has 1 aliphatic carbocycles. The summed E-state index contributed by atoms with van der Waals surface area (Å²) in [5.74, 6) is -0.515. The first-order valence-corrected chi connectivity index (χ1v) is 9.28. The van der Waals surface area contributed by atoms with Crippen LogP contribution in [0.4, 0.5) is 0 Å². The van der Waals surface area contributed by atoms with E-state index in [2.05, 4.69) is 0 Å². The van der Waals surface area contributed by atoms with Crippen LogP contribution in [-0.2, 0) is 37.0 Å². The molecule has 5 atom stereocenters. The van der Waals surface area contributed by atoms with Crippen LogP contribution in [0.3, 0.4) is 0 Å². The van der Waals surface area contributed by atoms with E-state index in [-0.39, 0.29) is 36.1 Å². The Balaban J connectivity index is 1.44. The summed E-state index contributed by atoms with van der Waals surface area (Å²) >= 11 is 0. The molecule has 0 unspecified atom stereocenters. The van der Waals surface area contributed by atoms with Crippen molar-refractivity contribution in [2.75, 3.05) is 13.7 Å². The molecule has 1 saturated carbocycles. The second-order valence-electron chi connectivity index (χ2n) is 7.02. The van der Waals surface area contributed by atoms with Crippen molar-refractivity contribution < 1.29 is 23.7 Å². The number of rotatable bonds is 7. The van der Waals surface area contributed by atoms with Gasteiger partial charge in [-0.05, 0) is 11.1 Å². The zero-order valence-electron chi connectivity index (χ0n) is 15.3. The lowest BCUT2D eigenvalue weighted by atomic mass is 10.1. The maximum absolute atomic E-state index is 12.0. The van der Waals surface area contributed by atoms with Gasteiger partial charge in [0.2, 0.25) is 0 Å². The fourth-order valence-corrected chi connectivity index (χ4v) is 3.79. The molecule has 0 spiro atoms. The fourth-order valence-electron chi connectivity index (χ4n) is 3.79. The van der Waals surface area contributed by atoms with Crippen molar-refractivity contribution in [3.05, 3.63) is 71.8 Å². The molecule has 5 nitrogen and oxygen atoms in total. The highest BCUT2D eigenvalue weighted by Crippen LogP contribution is 2.50. The summed E-state index contributed by atoms with van der Waals surface area (Å²) in [5.41, 5.74) is 2.19. The van der Waals surface area contributed by atoms with E-state index < -0.39 is 0 Å². The van der Waals surface area contributed by atoms with Crippen molar-refractivity contribution in [1.29, 1.82) is 0 Å². The van der Waals surface area contributed by atoms with Crippen LogP contribution in [0.1, 0.15) is 11.1 Å². The largest absolute Gasteiger partial charge is 0.469 e. The molecule has 0 amide bonds. The highest BCUT2D eigenvalue weighted by molar-refractivity contribution is 5.77. The van der Waals surface area contributed by atoms with Gasteiger partial charge in [0.05, 0.1) is 45.1 Å². The van der Waals surface area contributed by atoms with Crippen LogP contribution in [-0.4, -0.2) is 38.0 Å². The van der Waals surface area contributed by atoms with Crippen LogP contribution in [0.15, 0.2) is 60.7 Å². The van der Waals surface area contributed by atoms with Gasteiger partial charge in [-0.2, -0.15) is 0 Å². The molecule has 2 aliphatic rings. The maximum Gasteiger partial charge on any atom is 0.311 e. The lowest BCUT2D eigenvalue weighted by Gasteiger charge is -2.31. The highest BCUT2D eigenvalue weighted by Gasteiger charge is 2.65. The standard InChI is InChI=1S/C22H24O5/c1-24-22(23)19-18-20(26-13-16-10-6-3-7-11-16)17(14-27-21(18)19)25-12-15-8-4-2-5-9-15/h2-11,17-21H,12-14H2,1H3/t17-,18-,19+,20+,21+/m1/s1. The molecule has 2 fully saturated rings. The predicted octanol–water partition coefficient (Wildman–Crippen LogP) is 2.98. The molecule has 1 aliphatic heterocycles. The summed E-state index contributed by atoms with van der Waals surface area (Å²) in [5, 5.41) is 0. The van der Waals surface area contributed by atoms with E-state index in [1.54, 1.807) is 0 Å². The molecule has 1 heterocycles. The molecule has 142 valence electrons. The molecule has 5 heteroatoms. The minimum Gasteiger partial charge on any atom is -0.469 e. The monoisotopic (exact) mass is 368 g/mol. The number of methoxy groups -OCH3 is 1. The van der Waals surface area contributed by atoms with Gasteiger partial charge in [0, 0.05) is 5.92 Å². The number of ether oxygens (including phenoxy) is 4. The Morgan fingerprint density at radius 1 is 0.963 bits per heavy atom. The molecule has 0 bridgehead atoms. The molecule has 1 saturated heterocycles. The lowest BCUT2D eigenvalue weighted by molar-refractivity contribution is -0.152. The van der Waals surface area contributed by atoms with E-state index in [1.165, 1.54) is 7.11 Å². The predicted molar refractivity (Wildman–Crippen MR) is 98.8 cm³/mol. The Hall–Kier alpha value is -2.21. The molecular weight excluding hydrogens is 344 g/mol. The Morgan fingerprint density at radius 3 is 2.15 bits per heavy atom. The zero-order valence-corrected chi connectivity index (χ0v) is 15.3. The molecule has 27 heavy (non-hydrogen) atoms. The molecule has 2 aromatic rings. The summed E-state index contributed by atoms with van der Waals surface area (Å²) in [4.78, 5) is 12.0. The third-order valence-electron chi connectivity index (χ3n) is 5.27. The van der Waals surface area contributed by atoms with E-state index in [9.17, 15) is 4.79 Å². The Bertz CT molecular complexity index is 748. The first kappa shape index (κ1) is 18.2. The third kappa shape index (κ3) is 4.05. The smallest absolute Gasteiger partial charge is 0.311 e. The molecular formula is C22H24O5. The average Bonchev–Trinajstić information content (AvgIpc) is 3.46. The number of hydrogen-bond acceptors (Lipinski definition) is 5. The normalized spacial score (nSPS) is 29.0. The van der Waals surface area contributed by atoms with E-state index >= 15 is 0 Å². The quantitative estimate of drug-likeness (QED) is 0.704. The summed E-state index contributed by atoms with van der Waals surface area (Å²) < 4.78 is 23.2. The average molecular weight is 368 g/mol. The van der Waals surface area contributed by atoms with Crippen molar-refractivity contribution in [2.24, 2.45) is 11.8 Å². The number of benzene rings is 2. The van der Waals surface area contributed by atoms with Crippen molar-refractivity contribution in [3.8, 4) is 0 Å². The van der Waals surface area contributed by atoms with Gasteiger partial charge >= 0.3 is 5.97 Å². The first-order chi connectivity index (χ1) is 13.3. The van der Waals surface area contributed by atoms with Crippen LogP contribution in [0.5, 0.6) is 0 Å². The van der Waals surface area contributed by atoms with Crippen molar-refractivity contribution >= 4 is 5.97 Å². The zero-order chi connectivity index (χ0) is 18.6. The number of hydrogen-bond donors (Lipinski definition) is 0. The third-order valence-corrected chi connectivity index (χ3v) is 5.27. The van der Waals surface area contributed by atoms with Crippen LogP contribution < -0.4 is 0 Å². The van der Waals surface area contributed by atoms with Gasteiger partial charge < -0.3 is 18.9 Å². The van der Waals surface area contributed by atoms with Gasteiger partial charge in [-0.3, -0.25) is 4.79 Å². The van der Waals surface area contributed by atoms with Crippen molar-refractivity contribution in [1.82, 2.24) is 0 Å². The summed E-state index contributed by atoms with van der Waals surface area (Å²) in [6.07, 6.45) is -0.545. The minimum absolute atomic E-state index is 0.0179. The summed E-state index contributed by atoms with van der Waals surface area (Å²) in [6.45, 7) is 1.38. The number of carbonyl (C=O) groups excluding carboxylic acids is 1. The lowest BCUT2D eigenvalue weighted by Crippen LogP contribution is -2.42. The molecule has 2 aromatic carbocycles. The van der Waals surface area contributed by atoms with E-state index in [4.69, 9.17) is 18.9 Å². The fraction of sp³-hybridized carbons (Fsp3) is 0.409. The second kappa shape index (κ2) is 8.21. The van der Waals surface area contributed by atoms with E-state index in [0.29, 0.717) is 19.8 Å². The molecule has 0 N–H and O–H groups in total. The van der Waals surface area contributed by atoms with Crippen LogP contribution in [0, 0.1) is 11.8 Å². The first-order valence-electron chi connectivity index (χ1n) is 9.28. The topological polar surface area (TPSA) is 54.0 Å². The molecule has 4 rings (SSSR count). The molecule has 0 aromatic heterocycles. The van der Waals surface area contributed by atoms with Crippen LogP contribution in [0.25, 0.3) is 0 Å². The minimum atomic E-state index is -0.263. The van der Waals surface area contributed by atoms with Crippen LogP contribution in [0.2, 0.25) is 0 Å². The Morgan fingerprint density at radius 2 is 1.56 bits per heavy atom. The highest BCUT2D eigenvalue weighted by atomic mass is 16.6. The number of carbonyl (C=O) groups is 1. The second-order valence-corrected chi connectivity index (χ2v) is 7.02. The van der Waals surface area contributed by atoms with Crippen LogP contribution >= 0.6 is 0 Å². The SMILES string of the molecule is COC(=O)[C@@H]1[C@H]2OC[C@@H](OCc3ccccc3)[C@H](OCc3ccccc3)[C@H]21. The summed E-state index contributed by atoms with van der Waals surface area (Å²) in [6, 6.07) is 20.0. The summed E-state index contributed by atoms with van der Waals surface area (Å²) in [7, 11) is 1.41. The van der Waals surface area contributed by atoms with Gasteiger partial charge in [0.1, 0.15) is 6.10 Å². The van der Waals surface area contributed by atoms with Gasteiger partial charge in [-0.25, -0.2) is 0 Å². The van der Waals surface area contributed by atoms with Gasteiger partial charge in [-0.15, -0.1) is 0 Å². The van der Waals surface area contributed by atoms with Crippen molar-refractivity contribution in [3.63, 3.8) is 0 Å². The molecule has 0 radical (unpaired) electrons. The van der Waals surface area contributed by atoms with E-state index in [0.717, 1.165) is 11.1 Å². The number of esters is 1. The van der Waals surface area contributed by atoms with Gasteiger partial charge in [-0.1, -0.05) is 60.7 Å². The number of fused-ring (bicyclic) bond motifs is 1.